The monoisotopic (exact) mass is 331 g/mol. The lowest BCUT2D eigenvalue weighted by Gasteiger charge is -2.63. The molecule has 2 unspecified atom stereocenters. The highest BCUT2D eigenvalue weighted by Gasteiger charge is 2.72. The molecular weight excluding hydrogens is 306 g/mol. The standard InChI is InChI=1S/C19H25NO4/c1-3-23-13-6-7-19(22)14-10-11-4-5-12(21)16-15(11)18(19,17(13)24-16)8-9-20(14)2/h4-5,13-14,17,21-22H,3,6-10H2,1-2H3/t13?,14-,17?,18+,19-/m1/s1. The molecule has 0 aromatic heterocycles. The first-order chi connectivity index (χ1) is 11.5. The average Bonchev–Trinajstić information content (AvgIpc) is 2.91. The summed E-state index contributed by atoms with van der Waals surface area (Å²) in [7, 11) is 2.11. The molecule has 5 nitrogen and oxygen atoms in total. The molecule has 2 aliphatic heterocycles. The van der Waals surface area contributed by atoms with Gasteiger partial charge in [0.1, 0.15) is 6.10 Å². The van der Waals surface area contributed by atoms with Crippen LogP contribution in [0.15, 0.2) is 12.1 Å². The molecule has 1 aromatic rings. The van der Waals surface area contributed by atoms with E-state index < -0.39 is 11.0 Å². The summed E-state index contributed by atoms with van der Waals surface area (Å²) in [5, 5.41) is 22.3. The Labute approximate surface area is 142 Å². The molecule has 5 rings (SSSR count). The second-order valence-corrected chi connectivity index (χ2v) is 7.86. The zero-order valence-corrected chi connectivity index (χ0v) is 14.3. The van der Waals surface area contributed by atoms with Crippen LogP contribution in [0.3, 0.4) is 0 Å². The number of nitrogens with zero attached hydrogens (tertiary/aromatic N) is 1. The lowest BCUT2D eigenvalue weighted by atomic mass is 9.48. The van der Waals surface area contributed by atoms with Crippen molar-refractivity contribution in [2.45, 2.75) is 61.9 Å². The first-order valence-electron chi connectivity index (χ1n) is 9.09. The third kappa shape index (κ3) is 1.48. The fourth-order valence-corrected chi connectivity index (χ4v) is 6.09. The highest BCUT2D eigenvalue weighted by atomic mass is 16.6. The maximum atomic E-state index is 11.9. The van der Waals surface area contributed by atoms with Crippen LogP contribution in [0.25, 0.3) is 0 Å². The number of aliphatic hydroxyl groups is 1. The Bertz CT molecular complexity index is 707. The van der Waals surface area contributed by atoms with Gasteiger partial charge in [-0.2, -0.15) is 0 Å². The molecule has 2 aliphatic carbocycles. The van der Waals surface area contributed by atoms with Crippen LogP contribution in [-0.4, -0.2) is 59.2 Å². The summed E-state index contributed by atoms with van der Waals surface area (Å²) in [6.45, 7) is 3.57. The molecule has 1 spiro atoms. The largest absolute Gasteiger partial charge is 0.504 e. The molecule has 130 valence electrons. The predicted molar refractivity (Wildman–Crippen MR) is 88.5 cm³/mol. The minimum absolute atomic E-state index is 0.0305. The molecule has 1 aromatic carbocycles. The summed E-state index contributed by atoms with van der Waals surface area (Å²) in [5.74, 6) is 0.776. The third-order valence-corrected chi connectivity index (χ3v) is 7.06. The predicted octanol–water partition coefficient (Wildman–Crippen LogP) is 1.58. The molecule has 0 radical (unpaired) electrons. The van der Waals surface area contributed by atoms with Crippen molar-refractivity contribution in [1.29, 1.82) is 0 Å². The lowest BCUT2D eigenvalue weighted by molar-refractivity contribution is -0.211. The lowest BCUT2D eigenvalue weighted by Crippen LogP contribution is -2.76. The van der Waals surface area contributed by atoms with Gasteiger partial charge in [-0.25, -0.2) is 0 Å². The van der Waals surface area contributed by atoms with Gasteiger partial charge in [0, 0.05) is 18.2 Å². The Morgan fingerprint density at radius 3 is 3.00 bits per heavy atom. The quantitative estimate of drug-likeness (QED) is 0.862. The smallest absolute Gasteiger partial charge is 0.165 e. The number of rotatable bonds is 2. The number of hydrogen-bond acceptors (Lipinski definition) is 5. The van der Waals surface area contributed by atoms with E-state index in [0.717, 1.165) is 37.8 Å². The summed E-state index contributed by atoms with van der Waals surface area (Å²) in [6.07, 6.45) is 2.93. The van der Waals surface area contributed by atoms with Gasteiger partial charge in [-0.1, -0.05) is 6.07 Å². The zero-order valence-electron chi connectivity index (χ0n) is 14.3. The van der Waals surface area contributed by atoms with Crippen LogP contribution in [0.5, 0.6) is 11.5 Å². The fraction of sp³-hybridized carbons (Fsp3) is 0.684. The van der Waals surface area contributed by atoms with E-state index in [2.05, 4.69) is 11.9 Å². The maximum absolute atomic E-state index is 11.9. The van der Waals surface area contributed by atoms with E-state index in [9.17, 15) is 10.2 Å². The van der Waals surface area contributed by atoms with Crippen molar-refractivity contribution < 1.29 is 19.7 Å². The van der Waals surface area contributed by atoms with Gasteiger partial charge in [0.05, 0.1) is 17.1 Å². The van der Waals surface area contributed by atoms with Gasteiger partial charge in [0.25, 0.3) is 0 Å². The van der Waals surface area contributed by atoms with Crippen LogP contribution in [-0.2, 0) is 16.6 Å². The van der Waals surface area contributed by atoms with Gasteiger partial charge in [-0.15, -0.1) is 0 Å². The topological polar surface area (TPSA) is 62.2 Å². The first-order valence-corrected chi connectivity index (χ1v) is 9.09. The van der Waals surface area contributed by atoms with Gasteiger partial charge in [-0.05, 0) is 57.8 Å². The third-order valence-electron chi connectivity index (χ3n) is 7.06. The molecule has 4 aliphatic rings. The average molecular weight is 331 g/mol. The molecule has 24 heavy (non-hydrogen) atoms. The maximum Gasteiger partial charge on any atom is 0.165 e. The number of ether oxygens (including phenoxy) is 2. The van der Waals surface area contributed by atoms with Crippen molar-refractivity contribution in [3.63, 3.8) is 0 Å². The van der Waals surface area contributed by atoms with Crippen molar-refractivity contribution in [3.8, 4) is 11.5 Å². The van der Waals surface area contributed by atoms with E-state index in [-0.39, 0.29) is 24.0 Å². The van der Waals surface area contributed by atoms with Gasteiger partial charge in [-0.3, -0.25) is 0 Å². The van der Waals surface area contributed by atoms with Gasteiger partial charge in [0.15, 0.2) is 11.5 Å². The second-order valence-electron chi connectivity index (χ2n) is 7.86. The number of likely N-dealkylation sites (N-methyl/N-ethyl adjacent to an activating group) is 1. The summed E-state index contributed by atoms with van der Waals surface area (Å²) in [5.41, 5.74) is 1.00. The van der Waals surface area contributed by atoms with Gasteiger partial charge < -0.3 is 24.6 Å². The minimum atomic E-state index is -0.815. The Kier molecular flexibility index (Phi) is 2.91. The molecule has 5 heteroatoms. The highest BCUT2D eigenvalue weighted by Crippen LogP contribution is 2.65. The van der Waals surface area contributed by atoms with Crippen LogP contribution in [0.4, 0.5) is 0 Å². The van der Waals surface area contributed by atoms with Crippen molar-refractivity contribution in [1.82, 2.24) is 4.90 Å². The molecule has 0 amide bonds. The van der Waals surface area contributed by atoms with E-state index in [1.165, 1.54) is 5.56 Å². The van der Waals surface area contributed by atoms with E-state index in [1.807, 2.05) is 13.0 Å². The van der Waals surface area contributed by atoms with E-state index >= 15 is 0 Å². The molecule has 2 N–H and O–H groups in total. The number of piperidine rings is 1. The van der Waals surface area contributed by atoms with Crippen LogP contribution in [0, 0.1) is 0 Å². The van der Waals surface area contributed by atoms with Crippen LogP contribution in [0.2, 0.25) is 0 Å². The van der Waals surface area contributed by atoms with Gasteiger partial charge >= 0.3 is 0 Å². The first kappa shape index (κ1) is 15.0. The van der Waals surface area contributed by atoms with Crippen molar-refractivity contribution in [2.24, 2.45) is 0 Å². The SMILES string of the molecule is CCOC1CC[C@@]2(O)[C@H]3Cc4ccc(O)c5c4[C@@]2(CCN3C)C1O5. The van der Waals surface area contributed by atoms with Gasteiger partial charge in [0.2, 0.25) is 0 Å². The molecule has 2 heterocycles. The Hall–Kier alpha value is -1.30. The number of aromatic hydroxyl groups is 1. The zero-order chi connectivity index (χ0) is 16.7. The molecule has 2 bridgehead atoms. The number of benzene rings is 1. The summed E-state index contributed by atoms with van der Waals surface area (Å²) >= 11 is 0. The Morgan fingerprint density at radius 1 is 1.38 bits per heavy atom. The Morgan fingerprint density at radius 2 is 2.21 bits per heavy atom. The summed E-state index contributed by atoms with van der Waals surface area (Å²) in [4.78, 5) is 2.30. The minimum Gasteiger partial charge on any atom is -0.504 e. The van der Waals surface area contributed by atoms with Crippen molar-refractivity contribution >= 4 is 0 Å². The van der Waals surface area contributed by atoms with Crippen LogP contribution < -0.4 is 4.74 Å². The van der Waals surface area contributed by atoms with E-state index in [1.54, 1.807) is 6.07 Å². The second kappa shape index (κ2) is 4.65. The molecule has 2 fully saturated rings. The van der Waals surface area contributed by atoms with Crippen LogP contribution >= 0.6 is 0 Å². The molecular formula is C19H25NO4. The normalized spacial score (nSPS) is 42.5. The van der Waals surface area contributed by atoms with E-state index in [0.29, 0.717) is 12.4 Å². The number of phenolic OH excluding ortho intramolecular Hbond substituents is 1. The number of likely N-dealkylation sites (tertiary alicyclic amines) is 1. The summed E-state index contributed by atoms with van der Waals surface area (Å²) < 4.78 is 12.3. The fourth-order valence-electron chi connectivity index (χ4n) is 6.09. The Balaban J connectivity index is 1.78. The van der Waals surface area contributed by atoms with Crippen molar-refractivity contribution in [2.75, 3.05) is 20.2 Å². The van der Waals surface area contributed by atoms with Crippen LogP contribution in [0.1, 0.15) is 37.3 Å². The molecule has 1 saturated carbocycles. The molecule has 1 saturated heterocycles. The molecule has 5 atom stereocenters. The number of hydrogen-bond donors (Lipinski definition) is 2. The summed E-state index contributed by atoms with van der Waals surface area (Å²) in [6, 6.07) is 3.85. The number of phenols is 1. The van der Waals surface area contributed by atoms with E-state index in [4.69, 9.17) is 9.47 Å². The highest BCUT2D eigenvalue weighted by molar-refractivity contribution is 5.62. The van der Waals surface area contributed by atoms with Crippen molar-refractivity contribution in [3.05, 3.63) is 23.3 Å².